The minimum absolute atomic E-state index is 0.0980. The van der Waals surface area contributed by atoms with Gasteiger partial charge in [0.2, 0.25) is 11.8 Å². The molecule has 4 aromatic rings. The van der Waals surface area contributed by atoms with E-state index in [0.29, 0.717) is 57.1 Å². The third-order valence-electron chi connectivity index (χ3n) is 8.96. The number of amides is 2. The first-order chi connectivity index (χ1) is 22.5. The number of Topliss-reactive ketones (excluding diaryl/α,β-unsaturated/α-hetero) is 1. The molecule has 2 fully saturated rings. The highest BCUT2D eigenvalue weighted by molar-refractivity contribution is 9.10. The molecule has 12 nitrogen and oxygen atoms in total. The Bertz CT molecular complexity index is 1910. The van der Waals surface area contributed by atoms with E-state index in [4.69, 9.17) is 11.4 Å². The average molecular weight is 699 g/mol. The number of fused-ring (bicyclic) bond motifs is 1. The fourth-order valence-electron chi connectivity index (χ4n) is 6.69. The van der Waals surface area contributed by atoms with Crippen LogP contribution in [0.1, 0.15) is 53.8 Å². The number of hydrogen-bond acceptors (Lipinski definition) is 9. The fraction of sp³-hybridized carbons (Fsp3) is 0.412. The van der Waals surface area contributed by atoms with Crippen molar-refractivity contribution in [2.75, 3.05) is 25.0 Å². The SMILES string of the molecule is C#C[C@@H]1[C@@H](CN2CCCC2)C[C@@H](C(=O)Nc2nc(Br)ccc2C)N1C(=O)Cn1nc(C(C)=O)c2cc(-c3cnc(C)nc3)nc(C)c21. The summed E-state index contributed by atoms with van der Waals surface area (Å²) in [7, 11) is 0. The van der Waals surface area contributed by atoms with Gasteiger partial charge in [0.1, 0.15) is 34.5 Å². The first-order valence-corrected chi connectivity index (χ1v) is 16.4. The van der Waals surface area contributed by atoms with Gasteiger partial charge < -0.3 is 15.1 Å². The van der Waals surface area contributed by atoms with Gasteiger partial charge in [0.25, 0.3) is 0 Å². The number of pyridine rings is 2. The summed E-state index contributed by atoms with van der Waals surface area (Å²) < 4.78 is 2.09. The number of terminal acetylenes is 1. The molecule has 0 aromatic carbocycles. The molecule has 4 aromatic heterocycles. The number of carbonyl (C=O) groups is 3. The third-order valence-corrected chi connectivity index (χ3v) is 9.40. The Morgan fingerprint density at radius 1 is 1.09 bits per heavy atom. The number of carbonyl (C=O) groups excluding carboxylic acids is 3. The first-order valence-electron chi connectivity index (χ1n) is 15.7. The number of rotatable bonds is 8. The third kappa shape index (κ3) is 6.53. The van der Waals surface area contributed by atoms with Gasteiger partial charge in [0, 0.05) is 42.7 Å². The number of likely N-dealkylation sites (tertiary alicyclic amines) is 2. The van der Waals surface area contributed by atoms with Crippen LogP contribution in [0.2, 0.25) is 0 Å². The zero-order chi connectivity index (χ0) is 33.4. The molecule has 1 N–H and O–H groups in total. The lowest BCUT2D eigenvalue weighted by atomic mass is 9.98. The van der Waals surface area contributed by atoms with Crippen molar-refractivity contribution in [3.05, 3.63) is 58.0 Å². The van der Waals surface area contributed by atoms with Crippen molar-refractivity contribution >= 4 is 50.2 Å². The molecular weight excluding hydrogens is 662 g/mol. The van der Waals surface area contributed by atoms with E-state index in [-0.39, 0.29) is 35.8 Å². The van der Waals surface area contributed by atoms with Gasteiger partial charge in [-0.3, -0.25) is 24.0 Å². The summed E-state index contributed by atoms with van der Waals surface area (Å²) in [5.41, 5.74) is 3.44. The topological polar surface area (TPSA) is 139 Å². The summed E-state index contributed by atoms with van der Waals surface area (Å²) in [5.74, 6) is 2.82. The van der Waals surface area contributed by atoms with E-state index in [2.05, 4.69) is 52.1 Å². The Morgan fingerprint density at radius 3 is 2.49 bits per heavy atom. The summed E-state index contributed by atoms with van der Waals surface area (Å²) in [6, 6.07) is 4.01. The highest BCUT2D eigenvalue weighted by atomic mass is 79.9. The van der Waals surface area contributed by atoms with Crippen LogP contribution in [0, 0.1) is 39.0 Å². The van der Waals surface area contributed by atoms with E-state index in [0.717, 1.165) is 31.5 Å². The second kappa shape index (κ2) is 13.3. The number of anilines is 1. The van der Waals surface area contributed by atoms with Crippen molar-refractivity contribution in [1.29, 1.82) is 0 Å². The van der Waals surface area contributed by atoms with E-state index >= 15 is 0 Å². The number of aryl methyl sites for hydroxylation is 3. The van der Waals surface area contributed by atoms with Crippen molar-refractivity contribution in [1.82, 2.24) is 39.5 Å². The maximum atomic E-state index is 14.3. The second-order valence-electron chi connectivity index (χ2n) is 12.3. The van der Waals surface area contributed by atoms with Gasteiger partial charge in [0.15, 0.2) is 5.78 Å². The van der Waals surface area contributed by atoms with Crippen molar-refractivity contribution in [3.63, 3.8) is 0 Å². The number of nitrogens with one attached hydrogen (secondary N) is 1. The fourth-order valence-corrected chi connectivity index (χ4v) is 6.99. The monoisotopic (exact) mass is 697 g/mol. The molecule has 0 saturated carbocycles. The first kappa shape index (κ1) is 32.4. The maximum absolute atomic E-state index is 14.3. The minimum atomic E-state index is -0.821. The van der Waals surface area contributed by atoms with E-state index in [1.54, 1.807) is 31.5 Å². The Labute approximate surface area is 281 Å². The van der Waals surface area contributed by atoms with Crippen LogP contribution in [0.5, 0.6) is 0 Å². The van der Waals surface area contributed by atoms with Crippen LogP contribution in [0.15, 0.2) is 35.2 Å². The number of aromatic nitrogens is 6. The largest absolute Gasteiger partial charge is 0.315 e. The number of halogens is 1. The molecular formula is C34H36BrN9O3. The Hall–Kier alpha value is -4.54. The average Bonchev–Trinajstić information content (AvgIpc) is 3.77. The van der Waals surface area contributed by atoms with E-state index in [1.807, 2.05) is 19.9 Å². The van der Waals surface area contributed by atoms with E-state index < -0.39 is 12.1 Å². The van der Waals surface area contributed by atoms with Crippen molar-refractivity contribution in [2.45, 2.75) is 65.6 Å². The standard InChI is InChI=1S/C34H36BrN9O3/c1-6-27-23(17-42-11-7-8-12-42)13-28(34(47)40-33-19(2)9-10-29(35)39-33)44(27)30(46)18-43-32-20(3)38-26(24-15-36-22(5)37-16-24)14-25(32)31(41-43)21(4)45/h1,9-10,14-16,23,27-28H,7-8,11-13,17-18H2,2-5H3,(H,39,40,47)/t23-,27-,28+/m1/s1. The lowest BCUT2D eigenvalue weighted by Crippen LogP contribution is -2.48. The highest BCUT2D eigenvalue weighted by Gasteiger charge is 2.47. The van der Waals surface area contributed by atoms with Gasteiger partial charge in [-0.2, -0.15) is 5.10 Å². The summed E-state index contributed by atoms with van der Waals surface area (Å²) in [5, 5.41) is 8.10. The number of nitrogens with zero attached hydrogens (tertiary/aromatic N) is 8. The lowest BCUT2D eigenvalue weighted by molar-refractivity contribution is -0.138. The highest BCUT2D eigenvalue weighted by Crippen LogP contribution is 2.34. The summed E-state index contributed by atoms with van der Waals surface area (Å²) in [4.78, 5) is 62.7. The normalized spacial score (nSPS) is 19.7. The van der Waals surface area contributed by atoms with Gasteiger partial charge in [-0.15, -0.1) is 6.42 Å². The molecule has 6 heterocycles. The van der Waals surface area contributed by atoms with Crippen LogP contribution in [0.25, 0.3) is 22.2 Å². The Kier molecular flexibility index (Phi) is 9.16. The predicted molar refractivity (Wildman–Crippen MR) is 180 cm³/mol. The molecule has 47 heavy (non-hydrogen) atoms. The molecule has 13 heteroatoms. The molecule has 2 aliphatic heterocycles. The smallest absolute Gasteiger partial charge is 0.248 e. The second-order valence-corrected chi connectivity index (χ2v) is 13.1. The van der Waals surface area contributed by atoms with Gasteiger partial charge in [-0.05, 0) is 86.7 Å². The van der Waals surface area contributed by atoms with Gasteiger partial charge in [-0.25, -0.2) is 15.0 Å². The molecule has 0 radical (unpaired) electrons. The zero-order valence-electron chi connectivity index (χ0n) is 26.8. The predicted octanol–water partition coefficient (Wildman–Crippen LogP) is 4.13. The molecule has 2 amide bonds. The Morgan fingerprint density at radius 2 is 1.81 bits per heavy atom. The van der Waals surface area contributed by atoms with Crippen LogP contribution in [-0.2, 0) is 16.1 Å². The van der Waals surface area contributed by atoms with E-state index in [9.17, 15) is 14.4 Å². The van der Waals surface area contributed by atoms with Crippen molar-refractivity contribution < 1.29 is 14.4 Å². The molecule has 2 saturated heterocycles. The quantitative estimate of drug-likeness (QED) is 0.164. The minimum Gasteiger partial charge on any atom is -0.315 e. The summed E-state index contributed by atoms with van der Waals surface area (Å²) in [6.07, 6.45) is 12.1. The molecule has 3 atom stereocenters. The lowest BCUT2D eigenvalue weighted by Gasteiger charge is -2.29. The maximum Gasteiger partial charge on any atom is 0.248 e. The van der Waals surface area contributed by atoms with Crippen LogP contribution in [0.3, 0.4) is 0 Å². The molecule has 6 rings (SSSR count). The van der Waals surface area contributed by atoms with Crippen molar-refractivity contribution in [2.24, 2.45) is 5.92 Å². The molecule has 0 unspecified atom stereocenters. The van der Waals surface area contributed by atoms with Crippen LogP contribution in [0.4, 0.5) is 5.82 Å². The van der Waals surface area contributed by atoms with E-state index in [1.165, 1.54) is 16.5 Å². The van der Waals surface area contributed by atoms with Crippen LogP contribution >= 0.6 is 15.9 Å². The van der Waals surface area contributed by atoms with Crippen LogP contribution in [-0.4, -0.2) is 88.8 Å². The van der Waals surface area contributed by atoms with Crippen LogP contribution < -0.4 is 5.32 Å². The molecule has 2 aliphatic rings. The molecule has 242 valence electrons. The van der Waals surface area contributed by atoms with Gasteiger partial charge in [-0.1, -0.05) is 12.0 Å². The molecule has 0 aliphatic carbocycles. The number of hydrogen-bond donors (Lipinski definition) is 1. The van der Waals surface area contributed by atoms with Gasteiger partial charge in [0.05, 0.1) is 22.9 Å². The molecule has 0 bridgehead atoms. The molecule has 0 spiro atoms. The Balaban J connectivity index is 1.35. The van der Waals surface area contributed by atoms with Gasteiger partial charge >= 0.3 is 0 Å². The number of ketones is 1. The summed E-state index contributed by atoms with van der Waals surface area (Å²) >= 11 is 3.38. The summed E-state index contributed by atoms with van der Waals surface area (Å²) in [6.45, 7) is 9.31. The zero-order valence-corrected chi connectivity index (χ0v) is 28.4. The van der Waals surface area contributed by atoms with Crippen molar-refractivity contribution in [3.8, 4) is 23.6 Å².